The number of benzene rings is 2. The number of aromatic nitrogens is 1. The summed E-state index contributed by atoms with van der Waals surface area (Å²) in [5, 5.41) is 8.87. The third-order valence-electron chi connectivity index (χ3n) is 6.32. The van der Waals surface area contributed by atoms with Gasteiger partial charge in [-0.1, -0.05) is 36.9 Å². The van der Waals surface area contributed by atoms with E-state index in [-0.39, 0.29) is 17.5 Å². The Morgan fingerprint density at radius 2 is 1.86 bits per heavy atom. The van der Waals surface area contributed by atoms with E-state index in [0.717, 1.165) is 51.9 Å². The minimum absolute atomic E-state index is 0.0255. The lowest BCUT2D eigenvalue weighted by Crippen LogP contribution is -2.08. The first-order chi connectivity index (χ1) is 16.3. The number of alkyl halides is 3. The van der Waals surface area contributed by atoms with Crippen molar-refractivity contribution in [3.05, 3.63) is 93.6 Å². The van der Waals surface area contributed by atoms with E-state index < -0.39 is 10.8 Å². The van der Waals surface area contributed by atoms with Crippen LogP contribution < -0.4 is 10.6 Å². The summed E-state index contributed by atoms with van der Waals surface area (Å²) in [6.07, 6.45) is 0. The molecule has 2 N–H and O–H groups in total. The molecule has 3 aromatic rings. The second-order valence-electron chi connectivity index (χ2n) is 9.38. The summed E-state index contributed by atoms with van der Waals surface area (Å²) in [5.74, 6) is -2.87. The lowest BCUT2D eigenvalue weighted by Gasteiger charge is -2.15. The Hall–Kier alpha value is -2.41. The van der Waals surface area contributed by atoms with Gasteiger partial charge >= 0.3 is 0 Å². The normalized spacial score (nSPS) is 21.5. The van der Waals surface area contributed by atoms with E-state index in [9.17, 15) is 8.78 Å². The van der Waals surface area contributed by atoms with Crippen LogP contribution in [0.3, 0.4) is 0 Å². The predicted octanol–water partition coefficient (Wildman–Crippen LogP) is 8.94. The van der Waals surface area contributed by atoms with Gasteiger partial charge in [0.05, 0.1) is 4.87 Å². The highest BCUT2D eigenvalue weighted by Crippen LogP contribution is 2.64. The summed E-state index contributed by atoms with van der Waals surface area (Å²) < 4.78 is 27.1. The average Bonchev–Trinajstić information content (AvgIpc) is 3.05. The zero-order valence-corrected chi connectivity index (χ0v) is 22.3. The van der Waals surface area contributed by atoms with E-state index in [4.69, 9.17) is 23.2 Å². The molecule has 2 aromatic carbocycles. The molecule has 3 nitrogen and oxygen atoms in total. The first kappa shape index (κ1) is 25.7. The van der Waals surface area contributed by atoms with Crippen LogP contribution in [0, 0.1) is 19.8 Å². The standard InChI is InChI=1S/C27H27Cl2F2N3S/c1-14-9-18(11-19(28)10-14)24-23(26(24,5)29)17(4)32-20-8-7-15(2)21(12-20)16(3)33-25-34-22(13-35-25)27(6,30)31/h7-13,23-24,32H,3-4H2,1-2,5-6H3,(H,33,34). The Kier molecular flexibility index (Phi) is 6.77. The van der Waals surface area contributed by atoms with Crippen molar-refractivity contribution >= 4 is 51.1 Å². The number of nitrogens with one attached hydrogen (secondary N) is 2. The van der Waals surface area contributed by atoms with Gasteiger partial charge in [-0.05, 0) is 61.7 Å². The van der Waals surface area contributed by atoms with Crippen LogP contribution in [0.2, 0.25) is 5.02 Å². The minimum atomic E-state index is -2.99. The molecule has 1 aliphatic rings. The lowest BCUT2D eigenvalue weighted by molar-refractivity contribution is 0.0135. The molecule has 0 spiro atoms. The number of thiazole rings is 1. The summed E-state index contributed by atoms with van der Waals surface area (Å²) >= 11 is 14.3. The van der Waals surface area contributed by atoms with E-state index in [0.29, 0.717) is 15.9 Å². The number of hydrogen-bond donors (Lipinski definition) is 2. The number of aryl methyl sites for hydroxylation is 2. The minimum Gasteiger partial charge on any atom is -0.359 e. The number of hydrogen-bond acceptors (Lipinski definition) is 4. The van der Waals surface area contributed by atoms with E-state index in [1.807, 2.05) is 51.1 Å². The summed E-state index contributed by atoms with van der Waals surface area (Å²) in [5.41, 5.74) is 5.97. The number of halogens is 4. The van der Waals surface area contributed by atoms with Crippen molar-refractivity contribution in [1.82, 2.24) is 4.98 Å². The molecule has 0 aliphatic heterocycles. The molecular weight excluding hydrogens is 507 g/mol. The van der Waals surface area contributed by atoms with Crippen LogP contribution in [-0.4, -0.2) is 9.86 Å². The van der Waals surface area contributed by atoms with Gasteiger partial charge in [0.15, 0.2) is 5.13 Å². The van der Waals surface area contributed by atoms with Crippen LogP contribution in [0.4, 0.5) is 19.6 Å². The van der Waals surface area contributed by atoms with Gasteiger partial charge in [0.25, 0.3) is 5.92 Å². The highest BCUT2D eigenvalue weighted by Gasteiger charge is 2.62. The van der Waals surface area contributed by atoms with Crippen molar-refractivity contribution in [2.75, 3.05) is 10.6 Å². The largest absolute Gasteiger partial charge is 0.359 e. The lowest BCUT2D eigenvalue weighted by atomic mass is 10.0. The van der Waals surface area contributed by atoms with Crippen LogP contribution in [-0.2, 0) is 5.92 Å². The van der Waals surface area contributed by atoms with Gasteiger partial charge in [0.1, 0.15) is 5.69 Å². The molecule has 3 atom stereocenters. The molecule has 3 unspecified atom stereocenters. The predicted molar refractivity (Wildman–Crippen MR) is 145 cm³/mol. The number of rotatable bonds is 8. The Balaban J connectivity index is 1.49. The van der Waals surface area contributed by atoms with Gasteiger partial charge < -0.3 is 10.6 Å². The van der Waals surface area contributed by atoms with Crippen molar-refractivity contribution in [2.45, 2.75) is 44.4 Å². The van der Waals surface area contributed by atoms with Gasteiger partial charge in [-0.2, -0.15) is 8.78 Å². The molecule has 35 heavy (non-hydrogen) atoms. The molecule has 4 rings (SSSR count). The van der Waals surface area contributed by atoms with Crippen molar-refractivity contribution in [3.8, 4) is 0 Å². The molecule has 1 fully saturated rings. The second-order valence-corrected chi connectivity index (χ2v) is 11.5. The van der Waals surface area contributed by atoms with E-state index in [1.165, 1.54) is 5.38 Å². The third kappa shape index (κ3) is 5.40. The van der Waals surface area contributed by atoms with E-state index >= 15 is 0 Å². The molecule has 1 aromatic heterocycles. The van der Waals surface area contributed by atoms with Crippen molar-refractivity contribution in [3.63, 3.8) is 0 Å². The maximum atomic E-state index is 13.5. The van der Waals surface area contributed by atoms with Gasteiger partial charge in [-0.15, -0.1) is 22.9 Å². The Bertz CT molecular complexity index is 1290. The number of anilines is 2. The summed E-state index contributed by atoms with van der Waals surface area (Å²) in [7, 11) is 0. The molecule has 8 heteroatoms. The van der Waals surface area contributed by atoms with Crippen molar-refractivity contribution in [2.24, 2.45) is 5.92 Å². The zero-order valence-electron chi connectivity index (χ0n) is 20.0. The Labute approximate surface area is 218 Å². The summed E-state index contributed by atoms with van der Waals surface area (Å²) in [6, 6.07) is 11.9. The number of nitrogens with zero attached hydrogens (tertiary/aromatic N) is 1. The smallest absolute Gasteiger partial charge is 0.287 e. The van der Waals surface area contributed by atoms with E-state index in [2.05, 4.69) is 34.8 Å². The molecular formula is C27H27Cl2F2N3S. The third-order valence-corrected chi connectivity index (χ3v) is 7.76. The van der Waals surface area contributed by atoms with Crippen LogP contribution >= 0.6 is 34.5 Å². The topological polar surface area (TPSA) is 37.0 Å². The fraction of sp³-hybridized carbons (Fsp3) is 0.296. The molecule has 0 amide bonds. The van der Waals surface area contributed by atoms with E-state index in [1.54, 1.807) is 0 Å². The maximum absolute atomic E-state index is 13.5. The van der Waals surface area contributed by atoms with Crippen LogP contribution in [0.25, 0.3) is 5.70 Å². The van der Waals surface area contributed by atoms with Gasteiger partial charge in [-0.3, -0.25) is 0 Å². The quantitative estimate of drug-likeness (QED) is 0.283. The number of allylic oxidation sites excluding steroid dienone is 1. The second kappa shape index (κ2) is 9.23. The molecule has 1 saturated carbocycles. The highest BCUT2D eigenvalue weighted by atomic mass is 35.5. The molecule has 0 radical (unpaired) electrons. The highest BCUT2D eigenvalue weighted by molar-refractivity contribution is 7.13. The average molecular weight is 535 g/mol. The Morgan fingerprint density at radius 3 is 2.49 bits per heavy atom. The van der Waals surface area contributed by atoms with Gasteiger partial charge in [0, 0.05) is 51.8 Å². The molecule has 184 valence electrons. The van der Waals surface area contributed by atoms with Crippen LogP contribution in [0.15, 0.2) is 60.6 Å². The monoisotopic (exact) mass is 533 g/mol. The molecule has 0 saturated heterocycles. The zero-order chi connectivity index (χ0) is 25.7. The summed E-state index contributed by atoms with van der Waals surface area (Å²) in [6.45, 7) is 15.2. The molecule has 1 aliphatic carbocycles. The van der Waals surface area contributed by atoms with Crippen LogP contribution in [0.1, 0.15) is 47.7 Å². The molecule has 0 bridgehead atoms. The van der Waals surface area contributed by atoms with Crippen molar-refractivity contribution in [1.29, 1.82) is 0 Å². The molecule has 1 heterocycles. The SMILES string of the molecule is C=C(Nc1nc(C(C)(F)F)cs1)c1cc(NC(=C)C2C(c3cc(C)cc(Cl)c3)C2(C)Cl)ccc1C. The Morgan fingerprint density at radius 1 is 1.14 bits per heavy atom. The van der Waals surface area contributed by atoms with Crippen LogP contribution in [0.5, 0.6) is 0 Å². The maximum Gasteiger partial charge on any atom is 0.287 e. The first-order valence-corrected chi connectivity index (χ1v) is 12.7. The van der Waals surface area contributed by atoms with Crippen molar-refractivity contribution < 1.29 is 8.78 Å². The van der Waals surface area contributed by atoms with Gasteiger partial charge in [0.2, 0.25) is 0 Å². The summed E-state index contributed by atoms with van der Waals surface area (Å²) in [4.78, 5) is 3.52. The van der Waals surface area contributed by atoms with Gasteiger partial charge in [-0.25, -0.2) is 4.98 Å². The fourth-order valence-electron chi connectivity index (χ4n) is 4.50. The fourth-order valence-corrected chi connectivity index (χ4v) is 6.06. The first-order valence-electron chi connectivity index (χ1n) is 11.1.